The van der Waals surface area contributed by atoms with Crippen molar-refractivity contribution in [3.63, 3.8) is 0 Å². The number of halogens is 3. The van der Waals surface area contributed by atoms with E-state index in [2.05, 4.69) is 10.3 Å². The van der Waals surface area contributed by atoms with Crippen LogP contribution >= 0.6 is 0 Å². The quantitative estimate of drug-likeness (QED) is 0.815. The van der Waals surface area contributed by atoms with Gasteiger partial charge in [-0.2, -0.15) is 13.2 Å². The predicted octanol–water partition coefficient (Wildman–Crippen LogP) is 3.65. The van der Waals surface area contributed by atoms with E-state index in [1.165, 1.54) is 0 Å². The average Bonchev–Trinajstić information content (AvgIpc) is 3.00. The van der Waals surface area contributed by atoms with Crippen molar-refractivity contribution in [3.05, 3.63) is 23.8 Å². The Bertz CT molecular complexity index is 841. The van der Waals surface area contributed by atoms with Crippen molar-refractivity contribution in [1.29, 1.82) is 0 Å². The molecule has 1 aromatic carbocycles. The van der Waals surface area contributed by atoms with Crippen molar-refractivity contribution < 1.29 is 18.0 Å². The number of rotatable bonds is 2. The van der Waals surface area contributed by atoms with Gasteiger partial charge in [0.1, 0.15) is 5.52 Å². The zero-order valence-corrected chi connectivity index (χ0v) is 14.6. The van der Waals surface area contributed by atoms with Crippen LogP contribution in [0.3, 0.4) is 0 Å². The lowest BCUT2D eigenvalue weighted by atomic mass is 9.58. The molecule has 4 rings (SSSR count). The van der Waals surface area contributed by atoms with E-state index < -0.39 is 17.5 Å². The van der Waals surface area contributed by atoms with Crippen molar-refractivity contribution >= 4 is 16.9 Å². The molecule has 26 heavy (non-hydrogen) atoms. The number of amides is 1. The van der Waals surface area contributed by atoms with Crippen molar-refractivity contribution in [3.8, 4) is 0 Å². The number of piperidine rings is 1. The number of nitrogens with zero attached hydrogens (tertiary/aromatic N) is 4. The van der Waals surface area contributed by atoms with Crippen LogP contribution in [0, 0.1) is 11.3 Å². The fourth-order valence-corrected chi connectivity index (χ4v) is 4.50. The molecule has 1 aromatic heterocycles. The Kier molecular flexibility index (Phi) is 3.96. The molecule has 1 saturated carbocycles. The van der Waals surface area contributed by atoms with E-state index in [4.69, 9.17) is 0 Å². The number of aromatic nitrogens is 3. The molecule has 0 radical (unpaired) electrons. The van der Waals surface area contributed by atoms with Gasteiger partial charge in [0.2, 0.25) is 0 Å². The predicted molar refractivity (Wildman–Crippen MR) is 89.6 cm³/mol. The minimum atomic E-state index is -4.19. The molecule has 2 fully saturated rings. The summed E-state index contributed by atoms with van der Waals surface area (Å²) in [4.78, 5) is 14.5. The number of carbonyl (C=O) groups is 1. The molecule has 0 bridgehead atoms. The van der Waals surface area contributed by atoms with Gasteiger partial charge in [0.05, 0.1) is 11.4 Å². The molecule has 140 valence electrons. The number of benzene rings is 1. The molecule has 2 aromatic rings. The fourth-order valence-electron chi connectivity index (χ4n) is 4.50. The summed E-state index contributed by atoms with van der Waals surface area (Å²) in [5, 5.41) is 8.10. The van der Waals surface area contributed by atoms with Crippen LogP contribution in [0.15, 0.2) is 18.2 Å². The van der Waals surface area contributed by atoms with E-state index in [1.54, 1.807) is 27.8 Å². The van der Waals surface area contributed by atoms with E-state index in [9.17, 15) is 18.0 Å². The standard InChI is InChI=1S/C18H21F3N4O/c1-2-25-14-5-4-12(10-13(14)22-23-25)16(26)24-9-6-15(18(19,20)21)17(11-24)7-3-8-17/h4-5,10,15H,2-3,6-9,11H2,1H3. The Morgan fingerprint density at radius 3 is 2.73 bits per heavy atom. The number of likely N-dealkylation sites (tertiary alicyclic amines) is 1. The van der Waals surface area contributed by atoms with E-state index in [0.717, 1.165) is 11.9 Å². The highest BCUT2D eigenvalue weighted by molar-refractivity contribution is 5.97. The molecule has 8 heteroatoms. The van der Waals surface area contributed by atoms with Gasteiger partial charge >= 0.3 is 6.18 Å². The number of aryl methyl sites for hydroxylation is 1. The second-order valence-electron chi connectivity index (χ2n) is 7.43. The first-order chi connectivity index (χ1) is 12.3. The lowest BCUT2D eigenvalue weighted by molar-refractivity contribution is -0.235. The molecular formula is C18H21F3N4O. The number of hydrogen-bond donors (Lipinski definition) is 0. The zero-order valence-electron chi connectivity index (χ0n) is 14.6. The summed E-state index contributed by atoms with van der Waals surface area (Å²) in [7, 11) is 0. The Morgan fingerprint density at radius 1 is 1.35 bits per heavy atom. The normalized spacial score (nSPS) is 22.6. The van der Waals surface area contributed by atoms with Crippen molar-refractivity contribution in [2.45, 2.75) is 45.3 Å². The zero-order chi connectivity index (χ0) is 18.5. The van der Waals surface area contributed by atoms with Gasteiger partial charge in [-0.3, -0.25) is 4.79 Å². The Hall–Kier alpha value is -2.12. The first-order valence-corrected chi connectivity index (χ1v) is 9.03. The highest BCUT2D eigenvalue weighted by atomic mass is 19.4. The van der Waals surface area contributed by atoms with Gasteiger partial charge < -0.3 is 4.90 Å². The molecule has 0 N–H and O–H groups in total. The van der Waals surface area contributed by atoms with Crippen LogP contribution in [-0.2, 0) is 6.54 Å². The van der Waals surface area contributed by atoms with Crippen LogP contribution in [0.4, 0.5) is 13.2 Å². The van der Waals surface area contributed by atoms with Gasteiger partial charge in [-0.25, -0.2) is 4.68 Å². The van der Waals surface area contributed by atoms with E-state index in [1.807, 2.05) is 6.92 Å². The van der Waals surface area contributed by atoms with Gasteiger partial charge in [-0.15, -0.1) is 5.10 Å². The molecule has 1 aliphatic carbocycles. The number of carbonyl (C=O) groups excluding carboxylic acids is 1. The fraction of sp³-hybridized carbons (Fsp3) is 0.611. The molecule has 2 heterocycles. The van der Waals surface area contributed by atoms with E-state index >= 15 is 0 Å². The molecule has 5 nitrogen and oxygen atoms in total. The van der Waals surface area contributed by atoms with Crippen molar-refractivity contribution in [2.24, 2.45) is 11.3 Å². The first kappa shape index (κ1) is 17.3. The van der Waals surface area contributed by atoms with E-state index in [0.29, 0.717) is 30.5 Å². The number of hydrogen-bond acceptors (Lipinski definition) is 3. The molecule has 1 saturated heterocycles. The van der Waals surface area contributed by atoms with Crippen molar-refractivity contribution in [1.82, 2.24) is 19.9 Å². The molecule has 1 atom stereocenters. The molecule has 1 amide bonds. The molecule has 2 aliphatic rings. The van der Waals surface area contributed by atoms with Gasteiger partial charge in [0, 0.05) is 25.2 Å². The maximum Gasteiger partial charge on any atom is 0.392 e. The molecule has 1 unspecified atom stereocenters. The van der Waals surface area contributed by atoms with Crippen LogP contribution in [0.1, 0.15) is 43.0 Å². The first-order valence-electron chi connectivity index (χ1n) is 9.03. The third-order valence-corrected chi connectivity index (χ3v) is 6.02. The lowest BCUT2D eigenvalue weighted by Gasteiger charge is -2.54. The summed E-state index contributed by atoms with van der Waals surface area (Å²) in [5.74, 6) is -1.51. The molecule has 1 aliphatic heterocycles. The number of fused-ring (bicyclic) bond motifs is 1. The smallest absolute Gasteiger partial charge is 0.338 e. The van der Waals surface area contributed by atoms with E-state index in [-0.39, 0.29) is 25.4 Å². The Morgan fingerprint density at radius 2 is 2.12 bits per heavy atom. The summed E-state index contributed by atoms with van der Waals surface area (Å²) in [6.07, 6.45) is -2.30. The van der Waals surface area contributed by atoms with Crippen LogP contribution in [0.25, 0.3) is 11.0 Å². The Labute approximate surface area is 149 Å². The molecule has 1 spiro atoms. The van der Waals surface area contributed by atoms with Crippen molar-refractivity contribution in [2.75, 3.05) is 13.1 Å². The van der Waals surface area contributed by atoms with Gasteiger partial charge in [-0.05, 0) is 49.8 Å². The van der Waals surface area contributed by atoms with Gasteiger partial charge in [0.15, 0.2) is 0 Å². The summed E-state index contributed by atoms with van der Waals surface area (Å²) in [6.45, 7) is 2.97. The highest BCUT2D eigenvalue weighted by Gasteiger charge is 2.58. The number of alkyl halides is 3. The minimum Gasteiger partial charge on any atom is -0.338 e. The second kappa shape index (κ2) is 5.96. The SMILES string of the molecule is CCn1nnc2cc(C(=O)N3CCC(C(F)(F)F)C4(CCC4)C3)ccc21. The third kappa shape index (κ3) is 2.66. The molecular weight excluding hydrogens is 345 g/mol. The summed E-state index contributed by atoms with van der Waals surface area (Å²) < 4.78 is 41.9. The second-order valence-corrected chi connectivity index (χ2v) is 7.43. The topological polar surface area (TPSA) is 51.0 Å². The largest absolute Gasteiger partial charge is 0.392 e. The lowest BCUT2D eigenvalue weighted by Crippen LogP contribution is -2.57. The third-order valence-electron chi connectivity index (χ3n) is 6.02. The summed E-state index contributed by atoms with van der Waals surface area (Å²) in [6, 6.07) is 5.19. The average molecular weight is 366 g/mol. The summed E-state index contributed by atoms with van der Waals surface area (Å²) in [5.41, 5.74) is 1.14. The maximum absolute atomic E-state index is 13.4. The van der Waals surface area contributed by atoms with Crippen LogP contribution in [0.5, 0.6) is 0 Å². The highest BCUT2D eigenvalue weighted by Crippen LogP contribution is 2.56. The van der Waals surface area contributed by atoms with Crippen LogP contribution in [-0.4, -0.2) is 45.1 Å². The maximum atomic E-state index is 13.4. The van der Waals surface area contributed by atoms with Crippen LogP contribution < -0.4 is 0 Å². The Balaban J connectivity index is 1.57. The minimum absolute atomic E-state index is 0.0104. The monoisotopic (exact) mass is 366 g/mol. The van der Waals surface area contributed by atoms with Gasteiger partial charge in [-0.1, -0.05) is 11.6 Å². The van der Waals surface area contributed by atoms with Crippen LogP contribution in [0.2, 0.25) is 0 Å². The van der Waals surface area contributed by atoms with Gasteiger partial charge in [0.25, 0.3) is 5.91 Å². The summed E-state index contributed by atoms with van der Waals surface area (Å²) >= 11 is 0.